The van der Waals surface area contributed by atoms with Crippen molar-refractivity contribution in [3.8, 4) is 0 Å². The lowest BCUT2D eigenvalue weighted by Crippen LogP contribution is -2.48. The van der Waals surface area contributed by atoms with Crippen LogP contribution in [-0.4, -0.2) is 61.2 Å². The molecule has 2 aromatic rings. The summed E-state index contributed by atoms with van der Waals surface area (Å²) in [4.78, 5) is 18.6. The van der Waals surface area contributed by atoms with Gasteiger partial charge in [-0.2, -0.15) is 4.31 Å². The minimum absolute atomic E-state index is 0.000315. The van der Waals surface area contributed by atoms with Gasteiger partial charge in [0.25, 0.3) is 5.91 Å². The van der Waals surface area contributed by atoms with Gasteiger partial charge in [-0.3, -0.25) is 4.79 Å². The summed E-state index contributed by atoms with van der Waals surface area (Å²) in [5.41, 5.74) is 0.428. The summed E-state index contributed by atoms with van der Waals surface area (Å²) in [6, 6.07) is 8.99. The van der Waals surface area contributed by atoms with E-state index in [0.717, 1.165) is 19.6 Å². The zero-order valence-corrected chi connectivity index (χ0v) is 17.6. The Morgan fingerprint density at radius 2 is 1.71 bits per heavy atom. The molecule has 28 heavy (non-hydrogen) atoms. The minimum atomic E-state index is -3.56. The molecule has 1 aromatic carbocycles. The van der Waals surface area contributed by atoms with Crippen LogP contribution in [0.15, 0.2) is 41.3 Å². The number of piperazine rings is 1. The predicted molar refractivity (Wildman–Crippen MR) is 110 cm³/mol. The van der Waals surface area contributed by atoms with Crippen LogP contribution < -0.4 is 5.32 Å². The van der Waals surface area contributed by atoms with Crippen molar-refractivity contribution < 1.29 is 13.2 Å². The molecule has 0 unspecified atom stereocenters. The number of benzene rings is 1. The molecule has 0 saturated carbocycles. The largest absolute Gasteiger partial charge is 0.321 e. The van der Waals surface area contributed by atoms with Crippen molar-refractivity contribution in [1.29, 1.82) is 0 Å². The molecule has 3 rings (SSSR count). The molecule has 0 radical (unpaired) electrons. The number of hydrogen-bond acceptors (Lipinski definition) is 5. The first-order valence-electron chi connectivity index (χ1n) is 8.77. The molecule has 2 heterocycles. The molecular formula is C18H20Cl2N4O3S. The van der Waals surface area contributed by atoms with Crippen molar-refractivity contribution >= 4 is 44.8 Å². The normalized spacial score (nSPS) is 16.1. The number of amides is 1. The Balaban J connectivity index is 1.71. The fraction of sp³-hybridized carbons (Fsp3) is 0.333. The molecule has 1 aliphatic heterocycles. The van der Waals surface area contributed by atoms with Crippen LogP contribution in [0.4, 0.5) is 5.69 Å². The van der Waals surface area contributed by atoms with Crippen LogP contribution in [0.2, 0.25) is 10.2 Å². The van der Waals surface area contributed by atoms with E-state index in [9.17, 15) is 13.2 Å². The summed E-state index contributed by atoms with van der Waals surface area (Å²) >= 11 is 11.8. The van der Waals surface area contributed by atoms with Gasteiger partial charge in [-0.05, 0) is 42.9 Å². The lowest BCUT2D eigenvalue weighted by atomic mass is 10.3. The van der Waals surface area contributed by atoms with E-state index >= 15 is 0 Å². The molecule has 1 N–H and O–H groups in total. The lowest BCUT2D eigenvalue weighted by Gasteiger charge is -2.33. The van der Waals surface area contributed by atoms with Gasteiger partial charge in [0.1, 0.15) is 10.8 Å². The van der Waals surface area contributed by atoms with Crippen molar-refractivity contribution in [2.75, 3.05) is 38.0 Å². The summed E-state index contributed by atoms with van der Waals surface area (Å²) in [5.74, 6) is -0.529. The molecule has 1 fully saturated rings. The molecule has 1 saturated heterocycles. The summed E-state index contributed by atoms with van der Waals surface area (Å²) in [7, 11) is -3.56. The number of halogens is 2. The Bertz CT molecular complexity index is 959. The Morgan fingerprint density at radius 3 is 2.32 bits per heavy atom. The Hall–Kier alpha value is -1.71. The van der Waals surface area contributed by atoms with E-state index in [1.165, 1.54) is 40.7 Å². The molecular weight excluding hydrogens is 423 g/mol. The second-order valence-corrected chi connectivity index (χ2v) is 9.01. The maximum Gasteiger partial charge on any atom is 0.275 e. The number of carbonyl (C=O) groups is 1. The third-order valence-electron chi connectivity index (χ3n) is 4.56. The SMILES string of the molecule is CCN1CCN(S(=O)(=O)c2ccc(NC(=O)c3nc(Cl)ccc3Cl)cc2)CC1. The molecule has 150 valence electrons. The fourth-order valence-corrected chi connectivity index (χ4v) is 4.67. The van der Waals surface area contributed by atoms with Gasteiger partial charge in [-0.15, -0.1) is 0 Å². The van der Waals surface area contributed by atoms with Gasteiger partial charge in [-0.1, -0.05) is 30.1 Å². The highest BCUT2D eigenvalue weighted by Crippen LogP contribution is 2.22. The van der Waals surface area contributed by atoms with Crippen molar-refractivity contribution in [2.24, 2.45) is 0 Å². The summed E-state index contributed by atoms with van der Waals surface area (Å²) < 4.78 is 27.1. The number of rotatable bonds is 5. The van der Waals surface area contributed by atoms with Crippen LogP contribution in [0.1, 0.15) is 17.4 Å². The molecule has 1 amide bonds. The maximum absolute atomic E-state index is 12.8. The van der Waals surface area contributed by atoms with Gasteiger partial charge in [0.2, 0.25) is 10.0 Å². The smallest absolute Gasteiger partial charge is 0.275 e. The van der Waals surface area contributed by atoms with Crippen LogP contribution in [-0.2, 0) is 10.0 Å². The highest BCUT2D eigenvalue weighted by Gasteiger charge is 2.28. The van der Waals surface area contributed by atoms with E-state index in [2.05, 4.69) is 22.1 Å². The Kier molecular flexibility index (Phi) is 6.57. The van der Waals surface area contributed by atoms with E-state index in [-0.39, 0.29) is 20.8 Å². The molecule has 1 aliphatic rings. The van der Waals surface area contributed by atoms with Crippen molar-refractivity contribution in [3.05, 3.63) is 52.3 Å². The number of hydrogen-bond donors (Lipinski definition) is 1. The van der Waals surface area contributed by atoms with Crippen molar-refractivity contribution in [1.82, 2.24) is 14.2 Å². The maximum atomic E-state index is 12.8. The van der Waals surface area contributed by atoms with Gasteiger partial charge in [0.05, 0.1) is 9.92 Å². The van der Waals surface area contributed by atoms with Crippen molar-refractivity contribution in [2.45, 2.75) is 11.8 Å². The number of nitrogens with one attached hydrogen (secondary N) is 1. The predicted octanol–water partition coefficient (Wildman–Crippen LogP) is 2.97. The molecule has 0 atom stereocenters. The number of pyridine rings is 1. The van der Waals surface area contributed by atoms with Gasteiger partial charge < -0.3 is 10.2 Å². The molecule has 7 nitrogen and oxygen atoms in total. The monoisotopic (exact) mass is 442 g/mol. The first-order valence-corrected chi connectivity index (χ1v) is 11.0. The van der Waals surface area contributed by atoms with Crippen LogP contribution in [0.5, 0.6) is 0 Å². The van der Waals surface area contributed by atoms with E-state index in [4.69, 9.17) is 23.2 Å². The lowest BCUT2D eigenvalue weighted by molar-refractivity contribution is 0.102. The van der Waals surface area contributed by atoms with Crippen LogP contribution in [0.25, 0.3) is 0 Å². The average Bonchev–Trinajstić information content (AvgIpc) is 2.70. The topological polar surface area (TPSA) is 82.6 Å². The average molecular weight is 443 g/mol. The summed E-state index contributed by atoms with van der Waals surface area (Å²) in [6.07, 6.45) is 0. The van der Waals surface area contributed by atoms with Gasteiger partial charge in [0, 0.05) is 31.9 Å². The first kappa shape index (κ1) is 21.0. The summed E-state index contributed by atoms with van der Waals surface area (Å²) in [5, 5.41) is 2.96. The molecule has 0 bridgehead atoms. The van der Waals surface area contributed by atoms with Crippen molar-refractivity contribution in [3.63, 3.8) is 0 Å². The third-order valence-corrected chi connectivity index (χ3v) is 6.98. The molecule has 10 heteroatoms. The first-order chi connectivity index (χ1) is 13.3. The van der Waals surface area contributed by atoms with Gasteiger partial charge in [-0.25, -0.2) is 13.4 Å². The number of aromatic nitrogens is 1. The van der Waals surface area contributed by atoms with Crippen LogP contribution in [0, 0.1) is 0 Å². The molecule has 1 aromatic heterocycles. The van der Waals surface area contributed by atoms with Gasteiger partial charge >= 0.3 is 0 Å². The quantitative estimate of drug-likeness (QED) is 0.719. The fourth-order valence-electron chi connectivity index (χ4n) is 2.91. The molecule has 0 spiro atoms. The number of anilines is 1. The van der Waals surface area contributed by atoms with Gasteiger partial charge in [0.15, 0.2) is 0 Å². The zero-order valence-electron chi connectivity index (χ0n) is 15.2. The summed E-state index contributed by atoms with van der Waals surface area (Å²) in [6.45, 7) is 5.34. The Morgan fingerprint density at radius 1 is 1.07 bits per heavy atom. The van der Waals surface area contributed by atoms with E-state index in [1.807, 2.05) is 0 Å². The third kappa shape index (κ3) is 4.64. The number of sulfonamides is 1. The minimum Gasteiger partial charge on any atom is -0.321 e. The zero-order chi connectivity index (χ0) is 20.3. The van der Waals surface area contributed by atoms with E-state index < -0.39 is 15.9 Å². The van der Waals surface area contributed by atoms with Crippen LogP contribution in [0.3, 0.4) is 0 Å². The second-order valence-electron chi connectivity index (χ2n) is 6.28. The highest BCUT2D eigenvalue weighted by molar-refractivity contribution is 7.89. The number of nitrogens with zero attached hydrogens (tertiary/aromatic N) is 3. The number of likely N-dealkylation sites (N-methyl/N-ethyl adjacent to an activating group) is 1. The van der Waals surface area contributed by atoms with E-state index in [0.29, 0.717) is 18.8 Å². The Labute approximate surface area is 174 Å². The van der Waals surface area contributed by atoms with Crippen LogP contribution >= 0.6 is 23.2 Å². The second kappa shape index (κ2) is 8.75. The van der Waals surface area contributed by atoms with E-state index in [1.54, 1.807) is 0 Å². The standard InChI is InChI=1S/C18H20Cl2N4O3S/c1-2-23-9-11-24(12-10-23)28(26,27)14-5-3-13(4-6-14)21-18(25)17-15(19)7-8-16(20)22-17/h3-8H,2,9-12H2,1H3,(H,21,25). The number of carbonyl (C=O) groups excluding carboxylic acids is 1. The highest BCUT2D eigenvalue weighted by atomic mass is 35.5. The molecule has 0 aliphatic carbocycles.